The summed E-state index contributed by atoms with van der Waals surface area (Å²) in [6, 6.07) is 7.63. The molecule has 0 radical (unpaired) electrons. The van der Waals surface area contributed by atoms with E-state index in [1.165, 1.54) is 4.74 Å². The van der Waals surface area contributed by atoms with Crippen LogP contribution in [0.3, 0.4) is 0 Å². The minimum absolute atomic E-state index is 0.0934. The number of hydrogen-bond donors (Lipinski definition) is 0. The van der Waals surface area contributed by atoms with E-state index in [4.69, 9.17) is 4.52 Å². The predicted octanol–water partition coefficient (Wildman–Crippen LogP) is 2.26. The molecule has 2 aromatic rings. The normalized spacial score (nSPS) is 10.6. The van der Waals surface area contributed by atoms with E-state index in [0.717, 1.165) is 11.3 Å². The lowest BCUT2D eigenvalue weighted by molar-refractivity contribution is 0.0985. The maximum absolute atomic E-state index is 12.6. The van der Waals surface area contributed by atoms with Gasteiger partial charge in [-0.3, -0.25) is 4.79 Å². The molecule has 2 rings (SSSR count). The van der Waals surface area contributed by atoms with Gasteiger partial charge in [-0.05, 0) is 38.5 Å². The molecule has 1 amide bonds. The van der Waals surface area contributed by atoms with Crippen LogP contribution in [0.2, 0.25) is 0 Å². The summed E-state index contributed by atoms with van der Waals surface area (Å²) in [4.78, 5) is 26.0. The first-order chi connectivity index (χ1) is 9.45. The molecular weight excluding hydrogens is 256 g/mol. The highest BCUT2D eigenvalue weighted by atomic mass is 16.5. The second-order valence-electron chi connectivity index (χ2n) is 4.73. The Kier molecular flexibility index (Phi) is 3.79. The van der Waals surface area contributed by atoms with Gasteiger partial charge < -0.3 is 9.42 Å². The van der Waals surface area contributed by atoms with Crippen LogP contribution in [0.5, 0.6) is 0 Å². The summed E-state index contributed by atoms with van der Waals surface area (Å²) < 4.78 is 6.25. The Labute approximate surface area is 117 Å². The number of nitrogens with zero attached hydrogens (tertiary/aromatic N) is 2. The third kappa shape index (κ3) is 2.39. The highest BCUT2D eigenvalue weighted by Crippen LogP contribution is 2.18. The first-order valence-corrected chi connectivity index (χ1v) is 6.51. The smallest absolute Gasteiger partial charge is 0.336 e. The molecule has 0 aliphatic rings. The summed E-state index contributed by atoms with van der Waals surface area (Å²) in [5.41, 5.74) is 1.87. The van der Waals surface area contributed by atoms with Crippen LogP contribution in [0.25, 0.3) is 0 Å². The Balaban J connectivity index is 2.47. The van der Waals surface area contributed by atoms with Gasteiger partial charge in [0, 0.05) is 19.3 Å². The minimum atomic E-state index is -0.596. The summed E-state index contributed by atoms with van der Waals surface area (Å²) in [5, 5.41) is 0. The van der Waals surface area contributed by atoms with Crippen molar-refractivity contribution in [2.24, 2.45) is 7.05 Å². The van der Waals surface area contributed by atoms with Crippen molar-refractivity contribution in [2.45, 2.75) is 20.8 Å². The van der Waals surface area contributed by atoms with Gasteiger partial charge in [-0.1, -0.05) is 12.1 Å². The maximum atomic E-state index is 12.6. The Morgan fingerprint density at radius 3 is 2.55 bits per heavy atom. The molecule has 0 aliphatic carbocycles. The lowest BCUT2D eigenvalue weighted by atomic mass is 10.1. The highest BCUT2D eigenvalue weighted by Gasteiger charge is 2.25. The van der Waals surface area contributed by atoms with E-state index in [1.807, 2.05) is 38.1 Å². The third-order valence-electron chi connectivity index (χ3n) is 3.35. The Hall–Kier alpha value is -2.30. The van der Waals surface area contributed by atoms with Gasteiger partial charge in [-0.25, -0.2) is 9.53 Å². The van der Waals surface area contributed by atoms with E-state index in [-0.39, 0.29) is 11.5 Å². The van der Waals surface area contributed by atoms with E-state index in [1.54, 1.807) is 18.9 Å². The van der Waals surface area contributed by atoms with Crippen LogP contribution < -0.4 is 10.5 Å². The number of amides is 1. The summed E-state index contributed by atoms with van der Waals surface area (Å²) in [6.45, 7) is 6.02. The largest absolute Gasteiger partial charge is 0.370 e. The van der Waals surface area contributed by atoms with Gasteiger partial charge in [-0.15, -0.1) is 0 Å². The van der Waals surface area contributed by atoms with Crippen LogP contribution in [-0.4, -0.2) is 17.2 Å². The fraction of sp³-hybridized carbons (Fsp3) is 0.333. The average molecular weight is 274 g/mol. The molecule has 20 heavy (non-hydrogen) atoms. The summed E-state index contributed by atoms with van der Waals surface area (Å²) in [5.74, 6) is -0.329. The van der Waals surface area contributed by atoms with E-state index >= 15 is 0 Å². The third-order valence-corrected chi connectivity index (χ3v) is 3.35. The number of anilines is 1. The fourth-order valence-corrected chi connectivity index (χ4v) is 2.16. The second kappa shape index (κ2) is 5.36. The molecule has 1 aromatic heterocycles. The van der Waals surface area contributed by atoms with Gasteiger partial charge in [0.15, 0.2) is 0 Å². The summed E-state index contributed by atoms with van der Waals surface area (Å²) in [7, 11) is 1.61. The van der Waals surface area contributed by atoms with E-state index in [2.05, 4.69) is 0 Å². The fourth-order valence-electron chi connectivity index (χ4n) is 2.16. The SMILES string of the molecule is CCN(C(=O)c1c(C)n(C)oc1=O)c1cccc(C)c1. The molecule has 0 fully saturated rings. The van der Waals surface area contributed by atoms with Crippen LogP contribution >= 0.6 is 0 Å². The molecule has 5 nitrogen and oxygen atoms in total. The molecule has 0 bridgehead atoms. The zero-order valence-corrected chi connectivity index (χ0v) is 12.1. The van der Waals surface area contributed by atoms with Gasteiger partial charge in [0.25, 0.3) is 5.91 Å². The monoisotopic (exact) mass is 274 g/mol. The molecule has 0 saturated carbocycles. The number of aromatic nitrogens is 1. The zero-order valence-electron chi connectivity index (χ0n) is 12.1. The predicted molar refractivity (Wildman–Crippen MR) is 77.2 cm³/mol. The molecule has 106 valence electrons. The first kappa shape index (κ1) is 14.1. The molecule has 0 atom stereocenters. The van der Waals surface area contributed by atoms with E-state index in [0.29, 0.717) is 12.2 Å². The summed E-state index contributed by atoms with van der Waals surface area (Å²) in [6.07, 6.45) is 0. The topological polar surface area (TPSA) is 55.5 Å². The molecule has 0 aliphatic heterocycles. The molecule has 5 heteroatoms. The Morgan fingerprint density at radius 2 is 2.05 bits per heavy atom. The van der Waals surface area contributed by atoms with Crippen molar-refractivity contribution >= 4 is 11.6 Å². The van der Waals surface area contributed by atoms with Crippen molar-refractivity contribution in [3.8, 4) is 0 Å². The van der Waals surface area contributed by atoms with Crippen molar-refractivity contribution < 1.29 is 9.32 Å². The van der Waals surface area contributed by atoms with E-state index in [9.17, 15) is 9.59 Å². The molecule has 0 spiro atoms. The second-order valence-corrected chi connectivity index (χ2v) is 4.73. The number of carbonyl (C=O) groups is 1. The van der Waals surface area contributed by atoms with Crippen molar-refractivity contribution in [2.75, 3.05) is 11.4 Å². The van der Waals surface area contributed by atoms with Crippen LogP contribution in [-0.2, 0) is 7.05 Å². The Morgan fingerprint density at radius 1 is 1.35 bits per heavy atom. The van der Waals surface area contributed by atoms with E-state index < -0.39 is 5.63 Å². The molecule has 1 heterocycles. The number of rotatable bonds is 3. The minimum Gasteiger partial charge on any atom is -0.336 e. The van der Waals surface area contributed by atoms with Gasteiger partial charge in [0.2, 0.25) is 0 Å². The van der Waals surface area contributed by atoms with Crippen LogP contribution in [0, 0.1) is 13.8 Å². The Bertz CT molecular complexity index is 697. The number of hydrogen-bond acceptors (Lipinski definition) is 3. The van der Waals surface area contributed by atoms with Gasteiger partial charge in [-0.2, -0.15) is 0 Å². The molecular formula is C15H18N2O3. The van der Waals surface area contributed by atoms with Crippen molar-refractivity contribution in [1.82, 2.24) is 4.74 Å². The van der Waals surface area contributed by atoms with Gasteiger partial charge >= 0.3 is 5.63 Å². The molecule has 0 saturated heterocycles. The van der Waals surface area contributed by atoms with Gasteiger partial charge in [0.1, 0.15) is 5.56 Å². The van der Waals surface area contributed by atoms with Gasteiger partial charge in [0.05, 0.1) is 5.69 Å². The van der Waals surface area contributed by atoms with Crippen molar-refractivity contribution in [3.05, 3.63) is 51.5 Å². The van der Waals surface area contributed by atoms with Crippen molar-refractivity contribution in [1.29, 1.82) is 0 Å². The zero-order chi connectivity index (χ0) is 14.9. The number of aryl methyl sites for hydroxylation is 2. The number of carbonyl (C=O) groups excluding carboxylic acids is 1. The maximum Gasteiger partial charge on any atom is 0.370 e. The standard InChI is InChI=1S/C15H18N2O3/c1-5-17(12-8-6-7-10(2)9-12)14(18)13-11(3)16(4)20-15(13)19/h6-9H,5H2,1-4H3. The first-order valence-electron chi connectivity index (χ1n) is 6.51. The van der Waals surface area contributed by atoms with Crippen LogP contribution in [0.1, 0.15) is 28.5 Å². The van der Waals surface area contributed by atoms with Crippen LogP contribution in [0.4, 0.5) is 5.69 Å². The lowest BCUT2D eigenvalue weighted by Gasteiger charge is -2.20. The average Bonchev–Trinajstić information content (AvgIpc) is 2.64. The lowest BCUT2D eigenvalue weighted by Crippen LogP contribution is -2.33. The molecule has 0 N–H and O–H groups in total. The molecule has 1 aromatic carbocycles. The summed E-state index contributed by atoms with van der Waals surface area (Å²) >= 11 is 0. The molecule has 0 unspecified atom stereocenters. The quantitative estimate of drug-likeness (QED) is 0.862. The van der Waals surface area contributed by atoms with Crippen LogP contribution in [0.15, 0.2) is 33.6 Å². The highest BCUT2D eigenvalue weighted by molar-refractivity contribution is 6.06. The number of benzene rings is 1. The van der Waals surface area contributed by atoms with Crippen molar-refractivity contribution in [3.63, 3.8) is 0 Å².